The summed E-state index contributed by atoms with van der Waals surface area (Å²) in [5, 5.41) is 0.996. The molecule has 176 valence electrons. The van der Waals surface area contributed by atoms with Gasteiger partial charge in [-0.1, -0.05) is 23.2 Å². The number of anilines is 2. The maximum Gasteiger partial charge on any atom is 0.146 e. The van der Waals surface area contributed by atoms with Crippen molar-refractivity contribution in [2.24, 2.45) is 23.7 Å². The molecule has 4 aliphatic carbocycles. The Labute approximate surface area is 210 Å². The summed E-state index contributed by atoms with van der Waals surface area (Å²) in [5.41, 5.74) is 14.2. The van der Waals surface area contributed by atoms with E-state index in [1.807, 2.05) is 24.3 Å². The van der Waals surface area contributed by atoms with E-state index < -0.39 is 0 Å². The molecule has 0 radical (unpaired) electrons. The van der Waals surface area contributed by atoms with Crippen LogP contribution in [0.5, 0.6) is 23.0 Å². The lowest BCUT2D eigenvalue weighted by atomic mass is 9.50. The topological polar surface area (TPSA) is 70.5 Å². The predicted molar refractivity (Wildman–Crippen MR) is 138 cm³/mol. The molecule has 3 aromatic rings. The van der Waals surface area contributed by atoms with Gasteiger partial charge in [-0.25, -0.2) is 0 Å². The van der Waals surface area contributed by atoms with Crippen LogP contribution in [-0.2, 0) is 0 Å². The van der Waals surface area contributed by atoms with Crippen LogP contribution < -0.4 is 20.9 Å². The highest BCUT2D eigenvalue weighted by molar-refractivity contribution is 6.32. The minimum atomic E-state index is 0.459. The zero-order valence-corrected chi connectivity index (χ0v) is 20.4. The first-order valence-electron chi connectivity index (χ1n) is 12.0. The minimum Gasteiger partial charge on any atom is -0.456 e. The number of hydrogen-bond donors (Lipinski definition) is 2. The molecule has 34 heavy (non-hydrogen) atoms. The van der Waals surface area contributed by atoms with Gasteiger partial charge < -0.3 is 20.9 Å². The second-order valence-corrected chi connectivity index (χ2v) is 11.1. The highest BCUT2D eigenvalue weighted by Crippen LogP contribution is 2.61. The first-order chi connectivity index (χ1) is 16.4. The molecule has 0 atom stereocenters. The number of nitrogen functional groups attached to an aromatic ring is 2. The van der Waals surface area contributed by atoms with Crippen LogP contribution in [-0.4, -0.2) is 0 Å². The van der Waals surface area contributed by atoms with E-state index in [4.69, 9.17) is 44.1 Å². The highest BCUT2D eigenvalue weighted by atomic mass is 35.5. The van der Waals surface area contributed by atoms with Gasteiger partial charge in [0.15, 0.2) is 0 Å². The van der Waals surface area contributed by atoms with Crippen LogP contribution in [0.2, 0.25) is 10.0 Å². The van der Waals surface area contributed by atoms with E-state index in [9.17, 15) is 0 Å². The molecule has 4 saturated carbocycles. The Bertz CT molecular complexity index is 1220. The maximum absolute atomic E-state index is 6.45. The average Bonchev–Trinajstić information content (AvgIpc) is 2.78. The largest absolute Gasteiger partial charge is 0.456 e. The second kappa shape index (κ2) is 8.58. The number of rotatable bonds is 5. The monoisotopic (exact) mass is 494 g/mol. The van der Waals surface area contributed by atoms with E-state index in [0.29, 0.717) is 50.7 Å². The Balaban J connectivity index is 1.38. The Kier molecular flexibility index (Phi) is 5.54. The van der Waals surface area contributed by atoms with Gasteiger partial charge in [0.2, 0.25) is 0 Å². The van der Waals surface area contributed by atoms with Gasteiger partial charge in [0.25, 0.3) is 0 Å². The molecule has 6 heteroatoms. The molecule has 0 aromatic heterocycles. The lowest BCUT2D eigenvalue weighted by Gasteiger charge is -2.54. The Hall–Kier alpha value is -2.56. The number of nitrogens with two attached hydrogens (primary N) is 2. The molecular formula is C28H28Cl2N2O2. The number of benzene rings is 3. The summed E-state index contributed by atoms with van der Waals surface area (Å²) in [5.74, 6) is 6.39. The second-order valence-electron chi connectivity index (χ2n) is 10.2. The fourth-order valence-corrected chi connectivity index (χ4v) is 7.28. The minimum absolute atomic E-state index is 0.459. The summed E-state index contributed by atoms with van der Waals surface area (Å²) in [4.78, 5) is 0. The van der Waals surface area contributed by atoms with Crippen molar-refractivity contribution >= 4 is 34.6 Å². The van der Waals surface area contributed by atoms with Crippen LogP contribution in [0.4, 0.5) is 11.4 Å². The third-order valence-corrected chi connectivity index (χ3v) is 8.52. The van der Waals surface area contributed by atoms with E-state index in [1.165, 1.54) is 37.7 Å². The molecule has 4 nitrogen and oxygen atoms in total. The third kappa shape index (κ3) is 4.08. The Morgan fingerprint density at radius 1 is 0.618 bits per heavy atom. The van der Waals surface area contributed by atoms with Crippen LogP contribution in [0.15, 0.2) is 54.6 Å². The summed E-state index contributed by atoms with van der Waals surface area (Å²) < 4.78 is 12.6. The number of halogens is 2. The van der Waals surface area contributed by atoms with Gasteiger partial charge in [0.1, 0.15) is 23.0 Å². The first kappa shape index (κ1) is 21.9. The molecule has 0 heterocycles. The molecule has 0 unspecified atom stereocenters. The maximum atomic E-state index is 6.45. The van der Waals surface area contributed by atoms with Crippen molar-refractivity contribution in [2.75, 3.05) is 11.5 Å². The van der Waals surface area contributed by atoms with E-state index in [2.05, 4.69) is 6.07 Å². The standard InChI is InChI=1S/C28H28Cl2N2O2/c29-23-12-19(31)1-4-26(23)33-21-3-6-25(34-27-5-2-20(32)13-24(27)30)22(14-21)28-17-8-15-7-16(10-17)11-18(28)9-15/h1-6,12-18,28H,7-11,31-32H2. The van der Waals surface area contributed by atoms with Crippen molar-refractivity contribution in [1.82, 2.24) is 0 Å². The molecule has 4 aliphatic rings. The zero-order valence-electron chi connectivity index (χ0n) is 18.8. The van der Waals surface area contributed by atoms with Crippen molar-refractivity contribution in [3.05, 3.63) is 70.2 Å². The molecule has 3 aromatic carbocycles. The van der Waals surface area contributed by atoms with Crippen LogP contribution in [0.3, 0.4) is 0 Å². The first-order valence-corrected chi connectivity index (χ1v) is 12.8. The molecule has 0 aliphatic heterocycles. The van der Waals surface area contributed by atoms with Crippen molar-refractivity contribution in [3.8, 4) is 23.0 Å². The summed E-state index contributed by atoms with van der Waals surface area (Å²) in [6.07, 6.45) is 6.68. The number of hydrogen-bond acceptors (Lipinski definition) is 4. The van der Waals surface area contributed by atoms with Crippen molar-refractivity contribution in [1.29, 1.82) is 0 Å². The molecule has 0 amide bonds. The zero-order chi connectivity index (χ0) is 23.4. The van der Waals surface area contributed by atoms with Crippen molar-refractivity contribution in [3.63, 3.8) is 0 Å². The smallest absolute Gasteiger partial charge is 0.146 e. The van der Waals surface area contributed by atoms with Crippen LogP contribution in [0.1, 0.15) is 43.6 Å². The molecule has 4 N–H and O–H groups in total. The van der Waals surface area contributed by atoms with Crippen LogP contribution in [0, 0.1) is 23.7 Å². The van der Waals surface area contributed by atoms with Gasteiger partial charge in [-0.15, -0.1) is 0 Å². The van der Waals surface area contributed by atoms with Crippen LogP contribution in [0.25, 0.3) is 0 Å². The van der Waals surface area contributed by atoms with Crippen LogP contribution >= 0.6 is 23.2 Å². The van der Waals surface area contributed by atoms with Gasteiger partial charge in [-0.05, 0) is 116 Å². The third-order valence-electron chi connectivity index (χ3n) is 7.93. The van der Waals surface area contributed by atoms with E-state index in [-0.39, 0.29) is 0 Å². The Morgan fingerprint density at radius 3 is 1.71 bits per heavy atom. The van der Waals surface area contributed by atoms with Gasteiger partial charge in [0.05, 0.1) is 10.0 Å². The summed E-state index contributed by atoms with van der Waals surface area (Å²) in [6.45, 7) is 0. The van der Waals surface area contributed by atoms with E-state index in [1.54, 1.807) is 24.3 Å². The molecule has 0 spiro atoms. The molecule has 4 fully saturated rings. The highest BCUT2D eigenvalue weighted by Gasteiger charge is 2.49. The number of ether oxygens (including phenoxy) is 2. The van der Waals surface area contributed by atoms with Crippen molar-refractivity contribution in [2.45, 2.75) is 38.0 Å². The Morgan fingerprint density at radius 2 is 1.15 bits per heavy atom. The molecular weight excluding hydrogens is 467 g/mol. The quantitative estimate of drug-likeness (QED) is 0.350. The van der Waals surface area contributed by atoms with Gasteiger partial charge in [0, 0.05) is 16.9 Å². The summed E-state index contributed by atoms with van der Waals surface area (Å²) in [7, 11) is 0. The normalized spacial score (nSPS) is 27.1. The lowest BCUT2D eigenvalue weighted by Crippen LogP contribution is -2.43. The fraction of sp³-hybridized carbons (Fsp3) is 0.357. The predicted octanol–water partition coefficient (Wildman–Crippen LogP) is 8.28. The fourth-order valence-electron chi connectivity index (χ4n) is 6.82. The van der Waals surface area contributed by atoms with Gasteiger partial charge >= 0.3 is 0 Å². The van der Waals surface area contributed by atoms with Gasteiger partial charge in [-0.3, -0.25) is 0 Å². The molecule has 4 bridgehead atoms. The summed E-state index contributed by atoms with van der Waals surface area (Å²) >= 11 is 12.8. The van der Waals surface area contributed by atoms with E-state index in [0.717, 1.165) is 23.3 Å². The average molecular weight is 495 g/mol. The molecule has 0 saturated heterocycles. The van der Waals surface area contributed by atoms with Gasteiger partial charge in [-0.2, -0.15) is 0 Å². The molecule has 7 rings (SSSR count). The van der Waals surface area contributed by atoms with Crippen molar-refractivity contribution < 1.29 is 9.47 Å². The SMILES string of the molecule is Nc1ccc(Oc2ccc(Oc3ccc(N)cc3Cl)c(C3C4CC5CC(C4)CC3C5)c2)c(Cl)c1. The van der Waals surface area contributed by atoms with E-state index >= 15 is 0 Å². The summed E-state index contributed by atoms with van der Waals surface area (Å²) in [6, 6.07) is 16.7. The lowest BCUT2D eigenvalue weighted by molar-refractivity contribution is -0.00339.